The van der Waals surface area contributed by atoms with Crippen molar-refractivity contribution in [2.45, 2.75) is 12.6 Å². The van der Waals surface area contributed by atoms with Crippen LogP contribution in [0, 0.1) is 0 Å². The molecular weight excluding hydrogens is 278 g/mol. The molecule has 1 aromatic heterocycles. The number of carbonyl (C=O) groups excluding carboxylic acids is 1. The summed E-state index contributed by atoms with van der Waals surface area (Å²) in [7, 11) is 0. The molecule has 3 aliphatic heterocycles. The molecule has 1 N–H and O–H groups in total. The van der Waals surface area contributed by atoms with Crippen LogP contribution >= 0.6 is 0 Å². The van der Waals surface area contributed by atoms with E-state index in [1.165, 1.54) is 13.1 Å². The predicted octanol–water partition coefficient (Wildman–Crippen LogP) is 0.152. The number of carbonyl (C=O) groups is 1. The van der Waals surface area contributed by atoms with Crippen molar-refractivity contribution in [3.05, 3.63) is 30.6 Å². The highest BCUT2D eigenvalue weighted by molar-refractivity contribution is 5.80. The molecular formula is C16H21N5O. The summed E-state index contributed by atoms with van der Waals surface area (Å²) in [5.74, 6) is 0.0563. The van der Waals surface area contributed by atoms with Gasteiger partial charge in [0, 0.05) is 45.3 Å². The molecule has 22 heavy (non-hydrogen) atoms. The molecule has 0 saturated carbocycles. The van der Waals surface area contributed by atoms with Crippen molar-refractivity contribution in [1.82, 2.24) is 24.7 Å². The molecule has 3 saturated heterocycles. The maximum Gasteiger partial charge on any atom is 0.240 e. The summed E-state index contributed by atoms with van der Waals surface area (Å²) in [5, 5.41) is 3.08. The number of piperazine rings is 3. The number of hydrogen-bond acceptors (Lipinski definition) is 4. The fourth-order valence-electron chi connectivity index (χ4n) is 3.50. The first kappa shape index (κ1) is 13.7. The number of aromatic nitrogens is 2. The van der Waals surface area contributed by atoms with E-state index >= 15 is 0 Å². The Kier molecular flexibility index (Phi) is 3.56. The summed E-state index contributed by atoms with van der Waals surface area (Å²) in [5.41, 5.74) is 1.93. The third kappa shape index (κ3) is 2.60. The molecule has 1 aromatic carbocycles. The zero-order valence-electron chi connectivity index (χ0n) is 12.6. The summed E-state index contributed by atoms with van der Waals surface area (Å²) >= 11 is 0. The smallest absolute Gasteiger partial charge is 0.240 e. The van der Waals surface area contributed by atoms with Crippen LogP contribution in [0.15, 0.2) is 30.6 Å². The molecule has 3 aliphatic rings. The SMILES string of the molecule is O=C(Cn1cnc2ccccc21)NCC1CN2CCN1CC2. The molecule has 0 spiro atoms. The van der Waals surface area contributed by atoms with Crippen LogP contribution in [-0.4, -0.2) is 70.6 Å². The van der Waals surface area contributed by atoms with Gasteiger partial charge in [-0.1, -0.05) is 12.1 Å². The van der Waals surface area contributed by atoms with Crippen molar-refractivity contribution < 1.29 is 4.79 Å². The average molecular weight is 299 g/mol. The molecule has 116 valence electrons. The molecule has 6 nitrogen and oxygen atoms in total. The molecule has 3 fully saturated rings. The molecule has 0 radical (unpaired) electrons. The second-order valence-electron chi connectivity index (χ2n) is 6.16. The Hall–Kier alpha value is -1.92. The van der Waals surface area contributed by atoms with Crippen LogP contribution in [0.1, 0.15) is 0 Å². The Morgan fingerprint density at radius 1 is 1.23 bits per heavy atom. The van der Waals surface area contributed by atoms with Gasteiger partial charge in [-0.15, -0.1) is 0 Å². The molecule has 1 atom stereocenters. The number of rotatable bonds is 4. The summed E-state index contributed by atoms with van der Waals surface area (Å²) in [6.45, 7) is 6.75. The maximum atomic E-state index is 12.2. The zero-order valence-corrected chi connectivity index (χ0v) is 12.6. The first-order valence-corrected chi connectivity index (χ1v) is 7.92. The molecule has 2 aromatic rings. The lowest BCUT2D eigenvalue weighted by Crippen LogP contribution is -2.63. The molecule has 2 bridgehead atoms. The molecule has 1 unspecified atom stereocenters. The fraction of sp³-hybridized carbons (Fsp3) is 0.500. The number of amides is 1. The van der Waals surface area contributed by atoms with E-state index in [0.717, 1.165) is 37.2 Å². The third-order valence-electron chi connectivity index (χ3n) is 4.77. The van der Waals surface area contributed by atoms with Gasteiger partial charge in [0.1, 0.15) is 6.54 Å². The Morgan fingerprint density at radius 2 is 2.05 bits per heavy atom. The van der Waals surface area contributed by atoms with Gasteiger partial charge in [0.2, 0.25) is 5.91 Å². The largest absolute Gasteiger partial charge is 0.353 e. The number of nitrogens with zero attached hydrogens (tertiary/aromatic N) is 4. The Morgan fingerprint density at radius 3 is 2.82 bits per heavy atom. The zero-order chi connectivity index (χ0) is 14.9. The van der Waals surface area contributed by atoms with Crippen LogP contribution < -0.4 is 5.32 Å². The summed E-state index contributed by atoms with van der Waals surface area (Å²) in [6.07, 6.45) is 1.74. The maximum absolute atomic E-state index is 12.2. The van der Waals surface area contributed by atoms with Crippen molar-refractivity contribution in [3.8, 4) is 0 Å². The minimum absolute atomic E-state index is 0.0563. The highest BCUT2D eigenvalue weighted by Crippen LogP contribution is 2.15. The average Bonchev–Trinajstić information content (AvgIpc) is 2.97. The van der Waals surface area contributed by atoms with E-state index in [2.05, 4.69) is 20.1 Å². The Labute approximate surface area is 129 Å². The van der Waals surface area contributed by atoms with Crippen LogP contribution in [0.2, 0.25) is 0 Å². The van der Waals surface area contributed by atoms with E-state index in [0.29, 0.717) is 12.6 Å². The van der Waals surface area contributed by atoms with Gasteiger partial charge in [-0.05, 0) is 12.1 Å². The number of nitrogens with one attached hydrogen (secondary N) is 1. The summed E-state index contributed by atoms with van der Waals surface area (Å²) < 4.78 is 1.90. The second kappa shape index (κ2) is 5.70. The minimum Gasteiger partial charge on any atom is -0.353 e. The molecule has 5 rings (SSSR count). The Bertz CT molecular complexity index is 674. The molecule has 4 heterocycles. The summed E-state index contributed by atoms with van der Waals surface area (Å²) in [4.78, 5) is 21.5. The van der Waals surface area contributed by atoms with Gasteiger partial charge in [0.15, 0.2) is 0 Å². The summed E-state index contributed by atoms with van der Waals surface area (Å²) in [6, 6.07) is 8.35. The normalized spacial score (nSPS) is 27.2. The predicted molar refractivity (Wildman–Crippen MR) is 84.5 cm³/mol. The molecule has 1 amide bonds. The molecule has 6 heteroatoms. The van der Waals surface area contributed by atoms with Crippen LogP contribution in [0.5, 0.6) is 0 Å². The van der Waals surface area contributed by atoms with Gasteiger partial charge in [-0.3, -0.25) is 14.6 Å². The van der Waals surface area contributed by atoms with Crippen LogP contribution in [0.4, 0.5) is 0 Å². The second-order valence-corrected chi connectivity index (χ2v) is 6.16. The van der Waals surface area contributed by atoms with Crippen molar-refractivity contribution in [1.29, 1.82) is 0 Å². The lowest BCUT2D eigenvalue weighted by Gasteiger charge is -2.47. The van der Waals surface area contributed by atoms with Crippen LogP contribution in [0.25, 0.3) is 11.0 Å². The first-order valence-electron chi connectivity index (χ1n) is 7.92. The number of fused-ring (bicyclic) bond motifs is 4. The van der Waals surface area contributed by atoms with Gasteiger partial charge in [-0.2, -0.15) is 0 Å². The van der Waals surface area contributed by atoms with Gasteiger partial charge in [0.25, 0.3) is 0 Å². The van der Waals surface area contributed by atoms with Gasteiger partial charge < -0.3 is 9.88 Å². The quantitative estimate of drug-likeness (QED) is 0.873. The molecule has 0 aliphatic carbocycles. The van der Waals surface area contributed by atoms with E-state index < -0.39 is 0 Å². The van der Waals surface area contributed by atoms with Crippen LogP contribution in [-0.2, 0) is 11.3 Å². The van der Waals surface area contributed by atoms with E-state index in [1.807, 2.05) is 28.8 Å². The lowest BCUT2D eigenvalue weighted by atomic mass is 10.1. The first-order chi connectivity index (χ1) is 10.8. The standard InChI is InChI=1S/C16H21N5O/c22-16(11-21-12-18-14-3-1-2-4-15(14)21)17-9-13-10-19-5-7-20(13)8-6-19/h1-4,12-13H,5-11H2,(H,17,22). The lowest BCUT2D eigenvalue weighted by molar-refractivity contribution is -0.122. The van der Waals surface area contributed by atoms with Crippen molar-refractivity contribution >= 4 is 16.9 Å². The number of para-hydroxylation sites is 2. The van der Waals surface area contributed by atoms with Crippen molar-refractivity contribution in [2.24, 2.45) is 0 Å². The van der Waals surface area contributed by atoms with Crippen LogP contribution in [0.3, 0.4) is 0 Å². The highest BCUT2D eigenvalue weighted by atomic mass is 16.1. The highest BCUT2D eigenvalue weighted by Gasteiger charge is 2.31. The minimum atomic E-state index is 0.0563. The van der Waals surface area contributed by atoms with E-state index in [1.54, 1.807) is 6.33 Å². The topological polar surface area (TPSA) is 53.4 Å². The van der Waals surface area contributed by atoms with E-state index in [4.69, 9.17) is 0 Å². The number of imidazole rings is 1. The Balaban J connectivity index is 1.35. The number of hydrogen-bond donors (Lipinski definition) is 1. The van der Waals surface area contributed by atoms with Gasteiger partial charge in [0.05, 0.1) is 17.4 Å². The van der Waals surface area contributed by atoms with Gasteiger partial charge in [-0.25, -0.2) is 4.98 Å². The van der Waals surface area contributed by atoms with Crippen molar-refractivity contribution in [3.63, 3.8) is 0 Å². The number of benzene rings is 1. The monoisotopic (exact) mass is 299 g/mol. The van der Waals surface area contributed by atoms with E-state index in [-0.39, 0.29) is 5.91 Å². The third-order valence-corrected chi connectivity index (χ3v) is 4.77. The van der Waals surface area contributed by atoms with Gasteiger partial charge >= 0.3 is 0 Å². The fourth-order valence-corrected chi connectivity index (χ4v) is 3.50. The van der Waals surface area contributed by atoms with E-state index in [9.17, 15) is 4.79 Å². The van der Waals surface area contributed by atoms with Crippen molar-refractivity contribution in [2.75, 3.05) is 39.3 Å².